The Morgan fingerprint density at radius 2 is 1.37 bits per heavy atom. The van der Waals surface area contributed by atoms with Crippen molar-refractivity contribution in [3.8, 4) is 0 Å². The van der Waals surface area contributed by atoms with Gasteiger partial charge in [0.05, 0.1) is 17.4 Å². The van der Waals surface area contributed by atoms with Crippen LogP contribution in [-0.4, -0.2) is 132 Å². The Kier molecular flexibility index (Phi) is 6.04. The predicted octanol–water partition coefficient (Wildman–Crippen LogP) is -0.137. The van der Waals surface area contributed by atoms with Crippen LogP contribution in [0.5, 0.6) is 0 Å². The summed E-state index contributed by atoms with van der Waals surface area (Å²) in [5, 5.41) is 43.9. The maximum Gasteiger partial charge on any atom is 0.279 e. The molecule has 10 rings (SSSR count). The normalized spacial score (nSPS) is 42.6. The molecule has 8 aliphatic rings. The van der Waals surface area contributed by atoms with Crippen molar-refractivity contribution in [1.82, 2.24) is 19.6 Å². The first-order chi connectivity index (χ1) is 23.3. The highest BCUT2D eigenvalue weighted by Crippen LogP contribution is 2.76. The van der Waals surface area contributed by atoms with E-state index in [1.165, 1.54) is 39.7 Å². The molecule has 2 bridgehead atoms. The Bertz CT molecular complexity index is 1900. The first-order valence-corrected chi connectivity index (χ1v) is 18.3. The third-order valence-electron chi connectivity index (χ3n) is 12.5. The summed E-state index contributed by atoms with van der Waals surface area (Å²) in [7, 11) is 6.58. The molecular formula is C33H36N6O8S2. The van der Waals surface area contributed by atoms with E-state index in [0.29, 0.717) is 22.5 Å². The summed E-state index contributed by atoms with van der Waals surface area (Å²) >= 11 is 0. The van der Waals surface area contributed by atoms with E-state index in [4.69, 9.17) is 4.74 Å². The highest BCUT2D eigenvalue weighted by molar-refractivity contribution is 8.78. The highest BCUT2D eigenvalue weighted by atomic mass is 33.1. The van der Waals surface area contributed by atoms with E-state index < -0.39 is 81.2 Å². The van der Waals surface area contributed by atoms with Crippen LogP contribution >= 0.6 is 21.6 Å². The fourth-order valence-corrected chi connectivity index (χ4v) is 14.7. The fraction of sp³-hybridized carbons (Fsp3) is 0.515. The number of nitrogens with zero attached hydrogens (tertiary/aromatic N) is 4. The minimum atomic E-state index is -2.32. The molecule has 0 saturated carbocycles. The highest BCUT2D eigenvalue weighted by Gasteiger charge is 2.92. The molecule has 14 nitrogen and oxygen atoms in total. The number of ether oxygens (including phenoxy) is 1. The van der Waals surface area contributed by atoms with Gasteiger partial charge in [-0.1, -0.05) is 61.0 Å². The molecule has 2 aromatic rings. The lowest BCUT2D eigenvalue weighted by Gasteiger charge is -2.60. The largest absolute Gasteiger partial charge is 0.394 e. The average molecular weight is 709 g/mol. The molecule has 8 heterocycles. The fourth-order valence-electron chi connectivity index (χ4n) is 10.5. The van der Waals surface area contributed by atoms with Gasteiger partial charge >= 0.3 is 0 Å². The molecule has 1 spiro atoms. The maximum atomic E-state index is 15.1. The quantitative estimate of drug-likeness (QED) is 0.267. The first-order valence-electron chi connectivity index (χ1n) is 16.2. The second-order valence-electron chi connectivity index (χ2n) is 14.2. The number of hydrogen-bond donors (Lipinski definition) is 5. The van der Waals surface area contributed by atoms with Crippen molar-refractivity contribution in [1.29, 1.82) is 0 Å². The smallest absolute Gasteiger partial charge is 0.279 e. The zero-order valence-corrected chi connectivity index (χ0v) is 28.9. The average Bonchev–Trinajstić information content (AvgIpc) is 3.74. The van der Waals surface area contributed by atoms with Crippen molar-refractivity contribution in [2.45, 2.75) is 70.7 Å². The van der Waals surface area contributed by atoms with Crippen LogP contribution in [0.3, 0.4) is 0 Å². The predicted molar refractivity (Wildman–Crippen MR) is 178 cm³/mol. The van der Waals surface area contributed by atoms with Gasteiger partial charge in [-0.15, -0.1) is 0 Å². The number of likely N-dealkylation sites (N-methyl/N-ethyl adjacent to an activating group) is 2. The van der Waals surface area contributed by atoms with E-state index in [9.17, 15) is 29.7 Å². The molecular weight excluding hydrogens is 673 g/mol. The first kappa shape index (κ1) is 31.4. The molecule has 4 amide bonds. The van der Waals surface area contributed by atoms with Gasteiger partial charge in [-0.05, 0) is 40.0 Å². The van der Waals surface area contributed by atoms with Gasteiger partial charge in [-0.2, -0.15) is 0 Å². The molecule has 5 N–H and O–H groups in total. The molecule has 0 aliphatic carbocycles. The topological polar surface area (TPSA) is 175 Å². The summed E-state index contributed by atoms with van der Waals surface area (Å²) in [6, 6.07) is 13.0. The number of carbonyl (C=O) groups is 4. The molecule has 8 aliphatic heterocycles. The number of para-hydroxylation sites is 2. The summed E-state index contributed by atoms with van der Waals surface area (Å²) < 4.78 is 6.03. The maximum absolute atomic E-state index is 15.1. The van der Waals surface area contributed by atoms with E-state index in [2.05, 4.69) is 10.6 Å². The second-order valence-corrected chi connectivity index (χ2v) is 16.8. The molecule has 2 aromatic carbocycles. The van der Waals surface area contributed by atoms with Gasteiger partial charge in [-0.3, -0.25) is 29.0 Å². The van der Waals surface area contributed by atoms with Crippen molar-refractivity contribution >= 4 is 56.6 Å². The molecule has 49 heavy (non-hydrogen) atoms. The molecule has 258 valence electrons. The summed E-state index contributed by atoms with van der Waals surface area (Å²) in [6.45, 7) is 3.07. The number of methoxy groups -OCH3 is 1. The second kappa shape index (κ2) is 9.41. The Morgan fingerprint density at radius 1 is 0.816 bits per heavy atom. The van der Waals surface area contributed by atoms with E-state index in [1.54, 1.807) is 49.5 Å². The van der Waals surface area contributed by atoms with Crippen molar-refractivity contribution in [2.24, 2.45) is 5.92 Å². The number of amides is 4. The number of aliphatic hydroxyl groups is 3. The molecule has 0 radical (unpaired) electrons. The van der Waals surface area contributed by atoms with Crippen LogP contribution in [0.25, 0.3) is 0 Å². The lowest BCUT2D eigenvalue weighted by atomic mass is 9.51. The number of anilines is 2. The minimum absolute atomic E-state index is 0.315. The van der Waals surface area contributed by atoms with Crippen molar-refractivity contribution in [3.05, 3.63) is 59.7 Å². The number of aliphatic hydroxyl groups excluding tert-OH is 3. The summed E-state index contributed by atoms with van der Waals surface area (Å²) in [5.41, 5.74) is -3.85. The van der Waals surface area contributed by atoms with E-state index >= 15 is 4.79 Å². The third kappa shape index (κ3) is 2.79. The molecule has 2 unspecified atom stereocenters. The van der Waals surface area contributed by atoms with Gasteiger partial charge in [0, 0.05) is 32.6 Å². The minimum Gasteiger partial charge on any atom is -0.394 e. The Balaban J connectivity index is 1.42. The monoisotopic (exact) mass is 708 g/mol. The molecule has 16 heteroatoms. The number of benzene rings is 2. The summed E-state index contributed by atoms with van der Waals surface area (Å²) in [4.78, 5) is 61.0. The third-order valence-corrected chi connectivity index (χ3v) is 16.4. The van der Waals surface area contributed by atoms with Crippen LogP contribution in [0, 0.1) is 5.92 Å². The number of hydrogen-bond acceptors (Lipinski definition) is 12. The van der Waals surface area contributed by atoms with Crippen LogP contribution in [0.1, 0.15) is 25.0 Å². The Hall–Kier alpha value is -3.54. The van der Waals surface area contributed by atoms with Gasteiger partial charge < -0.3 is 40.5 Å². The summed E-state index contributed by atoms with van der Waals surface area (Å²) in [6.07, 6.45) is -5.95. The zero-order valence-electron chi connectivity index (χ0n) is 27.3. The van der Waals surface area contributed by atoms with E-state index in [-0.39, 0.29) is 11.8 Å². The lowest BCUT2D eigenvalue weighted by molar-refractivity contribution is -0.218. The molecule has 0 aromatic heterocycles. The SMILES string of the molecule is CO[C@@]12C(=O)N(C)[C@@H](CO)C(=O)N1[C@@H]1Nc3ccccc3C1([C@@]13c4ccccc4N[C@@H]1N1C(=O)[C@@]4(C(C)C)SSC1(C(=O)N4C)[C@H]3O)[C@@H]2O. The van der Waals surface area contributed by atoms with Gasteiger partial charge in [0.1, 0.15) is 30.6 Å². The van der Waals surface area contributed by atoms with E-state index in [0.717, 1.165) is 15.7 Å². The van der Waals surface area contributed by atoms with Gasteiger partial charge in [0.25, 0.3) is 29.4 Å². The lowest BCUT2D eigenvalue weighted by Crippen LogP contribution is -2.79. The van der Waals surface area contributed by atoms with Gasteiger partial charge in [-0.25, -0.2) is 0 Å². The number of piperazine rings is 2. The van der Waals surface area contributed by atoms with Crippen LogP contribution in [0.2, 0.25) is 0 Å². The van der Waals surface area contributed by atoms with E-state index in [1.807, 2.05) is 19.9 Å². The van der Waals surface area contributed by atoms with Crippen LogP contribution in [0.15, 0.2) is 48.5 Å². The molecule has 10 atom stereocenters. The van der Waals surface area contributed by atoms with Crippen molar-refractivity contribution in [2.75, 3.05) is 38.4 Å². The number of carbonyl (C=O) groups excluding carboxylic acids is 4. The van der Waals surface area contributed by atoms with Gasteiger partial charge in [0.2, 0.25) is 4.87 Å². The molecule has 6 saturated heterocycles. The summed E-state index contributed by atoms with van der Waals surface area (Å²) in [5.74, 6) is -2.59. The van der Waals surface area contributed by atoms with Gasteiger partial charge in [0.15, 0.2) is 4.87 Å². The van der Waals surface area contributed by atoms with Crippen LogP contribution < -0.4 is 10.6 Å². The number of rotatable bonds is 4. The Morgan fingerprint density at radius 3 is 1.92 bits per heavy atom. The van der Waals surface area contributed by atoms with Crippen LogP contribution in [0.4, 0.5) is 11.4 Å². The zero-order chi connectivity index (χ0) is 34.8. The van der Waals surface area contributed by atoms with Crippen molar-refractivity contribution in [3.63, 3.8) is 0 Å². The Labute approximate surface area is 289 Å². The van der Waals surface area contributed by atoms with Crippen molar-refractivity contribution < 1.29 is 39.2 Å². The standard InChI is InChI=1S/C33H36N6O8S2/c1-15(2)32-28(46)39-25-30(17-11-7-9-13-19(17)35-25,23(43)33(39,49-48-32)27(45)37(32)4)29-16-10-6-8-12-18(16)34-24(29)38-21(41)20(14-40)36(3)26(44)31(38,47-5)22(29)42/h6-13,15,20,22-25,34-35,40,42-43H,14H2,1-5H3/t20-,22-,23-,24-,25+,29?,30+,31-,32+,33?/m0/s1. The number of fused-ring (bicyclic) bond motifs is 11. The number of nitrogens with one attached hydrogen (secondary N) is 2. The van der Waals surface area contributed by atoms with Crippen LogP contribution in [-0.2, 0) is 34.7 Å². The molecule has 6 fully saturated rings.